The third-order valence-electron chi connectivity index (χ3n) is 2.96. The maximum Gasteiger partial charge on any atom is 0.411 e. The first kappa shape index (κ1) is 11.8. The molecule has 18 heavy (non-hydrogen) atoms. The number of alkyl halides is 3. The third-order valence-corrected chi connectivity index (χ3v) is 3.58. The van der Waals surface area contributed by atoms with E-state index in [9.17, 15) is 13.2 Å². The molecule has 0 aromatic carbocycles. The van der Waals surface area contributed by atoms with Gasteiger partial charge in [0, 0.05) is 6.20 Å². The highest BCUT2D eigenvalue weighted by atomic mass is 79.9. The van der Waals surface area contributed by atoms with Crippen LogP contribution in [0.2, 0.25) is 0 Å². The van der Waals surface area contributed by atoms with Crippen molar-refractivity contribution in [1.82, 2.24) is 14.6 Å². The Kier molecular flexibility index (Phi) is 2.35. The number of halogens is 4. The zero-order valence-corrected chi connectivity index (χ0v) is 10.6. The fraction of sp³-hybridized carbons (Fsp3) is 0.400. The second-order valence-corrected chi connectivity index (χ2v) is 5.12. The second-order valence-electron chi connectivity index (χ2n) is 4.26. The summed E-state index contributed by atoms with van der Waals surface area (Å²) in [7, 11) is 0. The molecule has 0 amide bonds. The predicted molar refractivity (Wildman–Crippen MR) is 62.3 cm³/mol. The van der Waals surface area contributed by atoms with Gasteiger partial charge in [0.05, 0.1) is 4.47 Å². The van der Waals surface area contributed by atoms with Crippen LogP contribution >= 0.6 is 15.9 Å². The molecule has 0 unspecified atom stereocenters. The highest BCUT2D eigenvalue weighted by Gasteiger charge is 2.64. The molecule has 0 bridgehead atoms. The molecule has 3 rings (SSSR count). The van der Waals surface area contributed by atoms with Crippen molar-refractivity contribution in [1.29, 1.82) is 0 Å². The van der Waals surface area contributed by atoms with Crippen molar-refractivity contribution in [2.45, 2.75) is 24.6 Å². The number of nitrogens with zero attached hydrogens (tertiary/aromatic N) is 3. The van der Waals surface area contributed by atoms with Gasteiger partial charge in [-0.15, -0.1) is 5.10 Å². The number of anilines is 1. The third kappa shape index (κ3) is 1.75. The summed E-state index contributed by atoms with van der Waals surface area (Å²) in [5.74, 6) is -0.00303. The first-order valence-electron chi connectivity index (χ1n) is 5.27. The molecular weight excluding hydrogens is 313 g/mol. The van der Waals surface area contributed by atoms with Gasteiger partial charge in [-0.2, -0.15) is 18.2 Å². The largest absolute Gasteiger partial charge is 0.411 e. The molecule has 8 heteroatoms. The molecule has 2 aromatic rings. The van der Waals surface area contributed by atoms with Crippen LogP contribution in [0.15, 0.2) is 22.8 Å². The van der Waals surface area contributed by atoms with Crippen LogP contribution in [0.25, 0.3) is 5.65 Å². The smallest absolute Gasteiger partial charge is 0.339 e. The number of rotatable bonds is 2. The van der Waals surface area contributed by atoms with Crippen LogP contribution in [0.3, 0.4) is 0 Å². The van der Waals surface area contributed by atoms with E-state index in [0.717, 1.165) is 0 Å². The van der Waals surface area contributed by atoms with Gasteiger partial charge in [-0.1, -0.05) is 0 Å². The minimum absolute atomic E-state index is 0.00303. The van der Waals surface area contributed by atoms with Gasteiger partial charge in [-0.25, -0.2) is 4.52 Å². The number of aromatic nitrogens is 3. The first-order chi connectivity index (χ1) is 8.41. The number of fused-ring (bicyclic) bond motifs is 1. The second kappa shape index (κ2) is 3.59. The predicted octanol–water partition coefficient (Wildman–Crippen LogP) is 3.00. The maximum absolute atomic E-state index is 12.8. The average Bonchev–Trinajstić information content (AvgIpc) is 2.92. The Hall–Kier alpha value is -1.31. The molecule has 0 spiro atoms. The van der Waals surface area contributed by atoms with E-state index in [1.54, 1.807) is 18.3 Å². The van der Waals surface area contributed by atoms with Gasteiger partial charge in [-0.05, 0) is 40.9 Å². The van der Waals surface area contributed by atoms with E-state index in [-0.39, 0.29) is 18.8 Å². The molecule has 0 aliphatic heterocycles. The SMILES string of the molecule is FC(F)(F)C1(Nc2nc3c(Br)cccn3n2)CC1. The fourth-order valence-corrected chi connectivity index (χ4v) is 2.17. The van der Waals surface area contributed by atoms with Crippen LogP contribution in [-0.4, -0.2) is 26.3 Å². The van der Waals surface area contributed by atoms with E-state index in [1.807, 2.05) is 0 Å². The lowest BCUT2D eigenvalue weighted by atomic mass is 10.3. The van der Waals surface area contributed by atoms with Gasteiger partial charge >= 0.3 is 6.18 Å². The van der Waals surface area contributed by atoms with E-state index in [2.05, 4.69) is 31.3 Å². The van der Waals surface area contributed by atoms with Gasteiger partial charge in [0.15, 0.2) is 5.65 Å². The van der Waals surface area contributed by atoms with Gasteiger partial charge in [0.2, 0.25) is 5.95 Å². The summed E-state index contributed by atoms with van der Waals surface area (Å²) in [5.41, 5.74) is -1.36. The molecular formula is C10H8BrF3N4. The van der Waals surface area contributed by atoms with Gasteiger partial charge in [0.25, 0.3) is 0 Å². The Labute approximate surface area is 108 Å². The lowest BCUT2D eigenvalue weighted by molar-refractivity contribution is -0.151. The van der Waals surface area contributed by atoms with Crippen molar-refractivity contribution in [3.8, 4) is 0 Å². The molecule has 2 heterocycles. The summed E-state index contributed by atoms with van der Waals surface area (Å²) in [6.45, 7) is 0. The van der Waals surface area contributed by atoms with E-state index < -0.39 is 11.7 Å². The highest BCUT2D eigenvalue weighted by Crippen LogP contribution is 2.50. The van der Waals surface area contributed by atoms with Crippen LogP contribution in [0, 0.1) is 0 Å². The van der Waals surface area contributed by atoms with Crippen molar-refractivity contribution in [3.05, 3.63) is 22.8 Å². The summed E-state index contributed by atoms with van der Waals surface area (Å²) in [4.78, 5) is 4.04. The number of pyridine rings is 1. The Morgan fingerprint density at radius 3 is 2.67 bits per heavy atom. The molecule has 1 aliphatic carbocycles. The van der Waals surface area contributed by atoms with Crippen molar-refractivity contribution in [2.75, 3.05) is 5.32 Å². The topological polar surface area (TPSA) is 42.2 Å². The quantitative estimate of drug-likeness (QED) is 0.925. The lowest BCUT2D eigenvalue weighted by Gasteiger charge is -2.19. The van der Waals surface area contributed by atoms with Crippen molar-refractivity contribution in [3.63, 3.8) is 0 Å². The van der Waals surface area contributed by atoms with E-state index in [4.69, 9.17) is 0 Å². The summed E-state index contributed by atoms with van der Waals surface area (Å²) in [6, 6.07) is 3.48. The number of hydrogen-bond acceptors (Lipinski definition) is 3. The zero-order chi connectivity index (χ0) is 13.0. The zero-order valence-electron chi connectivity index (χ0n) is 9.00. The summed E-state index contributed by atoms with van der Waals surface area (Å²) >= 11 is 3.27. The minimum atomic E-state index is -4.28. The van der Waals surface area contributed by atoms with Crippen LogP contribution in [0.4, 0.5) is 19.1 Å². The maximum atomic E-state index is 12.8. The Balaban J connectivity index is 1.95. The van der Waals surface area contributed by atoms with Gasteiger partial charge in [0.1, 0.15) is 5.54 Å². The van der Waals surface area contributed by atoms with Crippen LogP contribution < -0.4 is 5.32 Å². The summed E-state index contributed by atoms with van der Waals surface area (Å²) < 4.78 is 40.5. The van der Waals surface area contributed by atoms with Crippen LogP contribution in [-0.2, 0) is 0 Å². The first-order valence-corrected chi connectivity index (χ1v) is 6.06. The van der Waals surface area contributed by atoms with E-state index in [1.165, 1.54) is 4.52 Å². The van der Waals surface area contributed by atoms with Crippen molar-refractivity contribution >= 4 is 27.5 Å². The molecule has 1 fully saturated rings. The monoisotopic (exact) mass is 320 g/mol. The molecule has 4 nitrogen and oxygen atoms in total. The van der Waals surface area contributed by atoms with E-state index >= 15 is 0 Å². The molecule has 0 atom stereocenters. The standard InChI is InChI=1S/C10H8BrF3N4/c11-6-2-1-5-18-7(6)15-8(17-18)16-9(3-4-9)10(12,13)14/h1-2,5H,3-4H2,(H,16,17). The molecule has 1 saturated carbocycles. The minimum Gasteiger partial charge on any atom is -0.339 e. The van der Waals surface area contributed by atoms with Gasteiger partial charge in [-0.3, -0.25) is 0 Å². The Morgan fingerprint density at radius 2 is 2.11 bits per heavy atom. The fourth-order valence-electron chi connectivity index (χ4n) is 1.74. The molecule has 96 valence electrons. The molecule has 1 N–H and O–H groups in total. The number of hydrogen-bond donors (Lipinski definition) is 1. The molecule has 1 aliphatic rings. The lowest BCUT2D eigenvalue weighted by Crippen LogP contribution is -2.39. The molecule has 0 saturated heterocycles. The van der Waals surface area contributed by atoms with Crippen LogP contribution in [0.5, 0.6) is 0 Å². The normalized spacial score (nSPS) is 18.0. The molecule has 2 aromatic heterocycles. The average molecular weight is 321 g/mol. The summed E-state index contributed by atoms with van der Waals surface area (Å²) in [6.07, 6.45) is -2.52. The molecule has 0 radical (unpaired) electrons. The Morgan fingerprint density at radius 1 is 1.39 bits per heavy atom. The summed E-state index contributed by atoms with van der Waals surface area (Å²) in [5, 5.41) is 6.37. The van der Waals surface area contributed by atoms with Crippen molar-refractivity contribution < 1.29 is 13.2 Å². The number of nitrogens with one attached hydrogen (secondary N) is 1. The van der Waals surface area contributed by atoms with E-state index in [0.29, 0.717) is 10.1 Å². The Bertz CT molecular complexity index is 603. The highest BCUT2D eigenvalue weighted by molar-refractivity contribution is 9.10. The van der Waals surface area contributed by atoms with Gasteiger partial charge < -0.3 is 5.32 Å². The van der Waals surface area contributed by atoms with Crippen LogP contribution in [0.1, 0.15) is 12.8 Å². The van der Waals surface area contributed by atoms with Crippen molar-refractivity contribution in [2.24, 2.45) is 0 Å².